The molecule has 0 spiro atoms. The van der Waals surface area contributed by atoms with E-state index in [-0.39, 0.29) is 24.1 Å². The first-order chi connectivity index (χ1) is 13.4. The van der Waals surface area contributed by atoms with E-state index in [4.69, 9.17) is 20.8 Å². The van der Waals surface area contributed by atoms with E-state index in [1.165, 1.54) is 0 Å². The van der Waals surface area contributed by atoms with Gasteiger partial charge in [0.05, 0.1) is 35.1 Å². The average molecular weight is 401 g/mol. The van der Waals surface area contributed by atoms with Crippen molar-refractivity contribution in [3.05, 3.63) is 62.2 Å². The zero-order valence-electron chi connectivity index (χ0n) is 16.0. The molecule has 0 radical (unpaired) electrons. The molecule has 0 atom stereocenters. The number of aromatic nitrogens is 1. The third kappa shape index (κ3) is 3.07. The number of benzene rings is 1. The number of hydrogen-bond donors (Lipinski definition) is 1. The highest BCUT2D eigenvalue weighted by Gasteiger charge is 2.30. The smallest absolute Gasteiger partial charge is 0.256 e. The topological polar surface area (TPSA) is 75.5 Å². The van der Waals surface area contributed by atoms with E-state index in [2.05, 4.69) is 4.98 Å². The van der Waals surface area contributed by atoms with Gasteiger partial charge in [0, 0.05) is 17.6 Å². The average Bonchev–Trinajstić information content (AvgIpc) is 3.12. The van der Waals surface area contributed by atoms with Crippen molar-refractivity contribution in [3.63, 3.8) is 0 Å². The fourth-order valence-corrected chi connectivity index (χ4v) is 3.95. The Morgan fingerprint density at radius 3 is 2.82 bits per heavy atom. The zero-order chi connectivity index (χ0) is 20.0. The van der Waals surface area contributed by atoms with E-state index < -0.39 is 0 Å². The first-order valence-electron chi connectivity index (χ1n) is 9.23. The molecule has 0 saturated heterocycles. The summed E-state index contributed by atoms with van der Waals surface area (Å²) in [5, 5.41) is 1.16. The lowest BCUT2D eigenvalue weighted by Crippen LogP contribution is -2.38. The molecule has 0 unspecified atom stereocenters. The molecule has 1 aromatic carbocycles. The molecule has 1 amide bonds. The maximum Gasteiger partial charge on any atom is 0.256 e. The van der Waals surface area contributed by atoms with Gasteiger partial charge in [0.1, 0.15) is 11.3 Å². The van der Waals surface area contributed by atoms with Crippen LogP contribution in [0.1, 0.15) is 41.0 Å². The van der Waals surface area contributed by atoms with Crippen molar-refractivity contribution in [1.29, 1.82) is 0 Å². The largest absolute Gasteiger partial charge is 0.489 e. The SMILES string of the molecule is Cc1[nH]c(=O)c(CN2CCc3ccc(OC(C)C)c(Cl)c3C2=O)c2occc12. The van der Waals surface area contributed by atoms with E-state index in [0.29, 0.717) is 40.4 Å². The number of hydrogen-bond acceptors (Lipinski definition) is 4. The molecule has 0 saturated carbocycles. The van der Waals surface area contributed by atoms with Gasteiger partial charge in [0.15, 0.2) is 0 Å². The van der Waals surface area contributed by atoms with Crippen molar-refractivity contribution >= 4 is 28.5 Å². The summed E-state index contributed by atoms with van der Waals surface area (Å²) >= 11 is 6.50. The third-order valence-electron chi connectivity index (χ3n) is 4.98. The lowest BCUT2D eigenvalue weighted by molar-refractivity contribution is 0.0726. The molecule has 146 valence electrons. The summed E-state index contributed by atoms with van der Waals surface area (Å²) in [4.78, 5) is 30.2. The van der Waals surface area contributed by atoms with E-state index in [1.54, 1.807) is 17.2 Å². The van der Waals surface area contributed by atoms with Gasteiger partial charge >= 0.3 is 0 Å². The van der Waals surface area contributed by atoms with Gasteiger partial charge in [-0.2, -0.15) is 0 Å². The first kappa shape index (κ1) is 18.6. The highest BCUT2D eigenvalue weighted by Crippen LogP contribution is 2.35. The normalized spacial score (nSPS) is 14.0. The fourth-order valence-electron chi connectivity index (χ4n) is 3.64. The van der Waals surface area contributed by atoms with Crippen LogP contribution in [0.25, 0.3) is 11.0 Å². The number of amides is 1. The molecule has 28 heavy (non-hydrogen) atoms. The number of aryl methyl sites for hydroxylation is 1. The number of carbonyl (C=O) groups excluding carboxylic acids is 1. The molecule has 3 heterocycles. The van der Waals surface area contributed by atoms with Crippen LogP contribution >= 0.6 is 11.6 Å². The molecule has 2 aromatic heterocycles. The van der Waals surface area contributed by atoms with E-state index in [1.807, 2.05) is 32.9 Å². The predicted octanol–water partition coefficient (Wildman–Crippen LogP) is 4.07. The molecule has 7 heteroatoms. The number of H-pyrrole nitrogens is 1. The van der Waals surface area contributed by atoms with Crippen molar-refractivity contribution < 1.29 is 13.9 Å². The number of nitrogens with zero attached hydrogens (tertiary/aromatic N) is 1. The maximum absolute atomic E-state index is 13.2. The molecule has 3 aromatic rings. The zero-order valence-corrected chi connectivity index (χ0v) is 16.7. The van der Waals surface area contributed by atoms with Crippen LogP contribution in [0.5, 0.6) is 5.75 Å². The number of nitrogens with one attached hydrogen (secondary N) is 1. The Kier molecular flexibility index (Phi) is 4.67. The molecule has 6 nitrogen and oxygen atoms in total. The number of pyridine rings is 1. The second kappa shape index (κ2) is 7.02. The highest BCUT2D eigenvalue weighted by molar-refractivity contribution is 6.35. The number of fused-ring (bicyclic) bond motifs is 2. The Labute approximate surface area is 167 Å². The van der Waals surface area contributed by atoms with Crippen LogP contribution in [0.4, 0.5) is 0 Å². The molecule has 1 aliphatic rings. The predicted molar refractivity (Wildman–Crippen MR) is 107 cm³/mol. The van der Waals surface area contributed by atoms with Crippen LogP contribution in [-0.2, 0) is 13.0 Å². The van der Waals surface area contributed by atoms with Crippen LogP contribution in [0.3, 0.4) is 0 Å². The summed E-state index contributed by atoms with van der Waals surface area (Å²) in [5.74, 6) is 0.285. The van der Waals surface area contributed by atoms with Crippen molar-refractivity contribution in [2.45, 2.75) is 39.8 Å². The van der Waals surface area contributed by atoms with Crippen LogP contribution in [0.15, 0.2) is 33.7 Å². The van der Waals surface area contributed by atoms with Gasteiger partial charge in [-0.3, -0.25) is 9.59 Å². The Bertz CT molecular complexity index is 1130. The summed E-state index contributed by atoms with van der Waals surface area (Å²) < 4.78 is 11.3. The van der Waals surface area contributed by atoms with E-state index >= 15 is 0 Å². The molecular formula is C21H21ClN2O4. The van der Waals surface area contributed by atoms with E-state index in [9.17, 15) is 9.59 Å². The molecule has 1 N–H and O–H groups in total. The number of rotatable bonds is 4. The van der Waals surface area contributed by atoms with Gasteiger partial charge < -0.3 is 19.0 Å². The number of carbonyl (C=O) groups is 1. The minimum Gasteiger partial charge on any atom is -0.489 e. The Morgan fingerprint density at radius 2 is 2.07 bits per heavy atom. The lowest BCUT2D eigenvalue weighted by Gasteiger charge is -2.29. The van der Waals surface area contributed by atoms with Gasteiger partial charge in [-0.15, -0.1) is 0 Å². The number of ether oxygens (including phenoxy) is 1. The highest BCUT2D eigenvalue weighted by atomic mass is 35.5. The minimum absolute atomic E-state index is 0.0521. The molecule has 0 aliphatic carbocycles. The second-order valence-corrected chi connectivity index (χ2v) is 7.65. The summed E-state index contributed by atoms with van der Waals surface area (Å²) in [6, 6.07) is 5.50. The molecule has 4 rings (SSSR count). The quantitative estimate of drug-likeness (QED) is 0.716. The molecule has 0 bridgehead atoms. The van der Waals surface area contributed by atoms with Crippen LogP contribution in [0, 0.1) is 6.92 Å². The summed E-state index contributed by atoms with van der Waals surface area (Å²) in [5.41, 5.74) is 2.79. The monoisotopic (exact) mass is 400 g/mol. The Morgan fingerprint density at radius 1 is 1.29 bits per heavy atom. The minimum atomic E-state index is -0.249. The second-order valence-electron chi connectivity index (χ2n) is 7.28. The molecule has 0 fully saturated rings. The van der Waals surface area contributed by atoms with Crippen LogP contribution in [-0.4, -0.2) is 28.4 Å². The summed E-state index contributed by atoms with van der Waals surface area (Å²) in [6.45, 7) is 6.29. The first-order valence-corrected chi connectivity index (χ1v) is 9.61. The van der Waals surface area contributed by atoms with Crippen molar-refractivity contribution in [2.24, 2.45) is 0 Å². The number of furan rings is 1. The van der Waals surface area contributed by atoms with Gasteiger partial charge in [-0.05, 0) is 44.9 Å². The third-order valence-corrected chi connectivity index (χ3v) is 5.35. The Balaban J connectivity index is 1.71. The number of halogens is 1. The Hall–Kier alpha value is -2.73. The van der Waals surface area contributed by atoms with Gasteiger partial charge in [0.2, 0.25) is 0 Å². The van der Waals surface area contributed by atoms with E-state index in [0.717, 1.165) is 16.6 Å². The fraction of sp³-hybridized carbons (Fsp3) is 0.333. The maximum atomic E-state index is 13.2. The lowest BCUT2D eigenvalue weighted by atomic mass is 9.98. The van der Waals surface area contributed by atoms with Gasteiger partial charge in [-0.1, -0.05) is 17.7 Å². The number of aromatic amines is 1. The van der Waals surface area contributed by atoms with Crippen LogP contribution < -0.4 is 10.3 Å². The molecule has 1 aliphatic heterocycles. The van der Waals surface area contributed by atoms with Gasteiger partial charge in [0.25, 0.3) is 11.5 Å². The van der Waals surface area contributed by atoms with Crippen molar-refractivity contribution in [1.82, 2.24) is 9.88 Å². The summed E-state index contributed by atoms with van der Waals surface area (Å²) in [6.07, 6.45) is 2.16. The van der Waals surface area contributed by atoms with Gasteiger partial charge in [-0.25, -0.2) is 0 Å². The molecular weight excluding hydrogens is 380 g/mol. The van der Waals surface area contributed by atoms with Crippen molar-refractivity contribution in [2.75, 3.05) is 6.54 Å². The van der Waals surface area contributed by atoms with Crippen LogP contribution in [0.2, 0.25) is 5.02 Å². The summed E-state index contributed by atoms with van der Waals surface area (Å²) in [7, 11) is 0. The standard InChI is InChI=1S/C21H21ClN2O4/c1-11(2)28-16-5-4-13-6-8-24(21(26)17(13)18(16)22)10-15-19-14(7-9-27-19)12(3)23-20(15)25/h4-5,7,9,11H,6,8,10H2,1-3H3,(H,23,25). The van der Waals surface area contributed by atoms with Crippen molar-refractivity contribution in [3.8, 4) is 5.75 Å².